The molecule has 4 aromatic carbocycles. The van der Waals surface area contributed by atoms with Crippen LogP contribution in [0.1, 0.15) is 0 Å². The third-order valence-electron chi connectivity index (χ3n) is 6.27. The molecule has 172 valence electrons. The SMILES string of the molecule is O=C(CN1CCN(CC(=O)Nc2ccc3ccccc3c2)CC1)Nc1ccc2ccccc2c1. The van der Waals surface area contributed by atoms with Crippen LogP contribution in [0.25, 0.3) is 21.5 Å². The Morgan fingerprint density at radius 3 is 1.35 bits per heavy atom. The highest BCUT2D eigenvalue weighted by atomic mass is 16.2. The number of rotatable bonds is 6. The molecule has 0 radical (unpaired) electrons. The highest BCUT2D eigenvalue weighted by Gasteiger charge is 2.20. The van der Waals surface area contributed by atoms with E-state index in [2.05, 4.69) is 32.6 Å². The number of carbonyl (C=O) groups excluding carboxylic acids is 2. The summed E-state index contributed by atoms with van der Waals surface area (Å²) in [6.07, 6.45) is 0. The molecule has 34 heavy (non-hydrogen) atoms. The van der Waals surface area contributed by atoms with Crippen molar-refractivity contribution in [2.75, 3.05) is 49.9 Å². The smallest absolute Gasteiger partial charge is 0.238 e. The Hall–Kier alpha value is -3.74. The van der Waals surface area contributed by atoms with E-state index in [1.807, 2.05) is 72.8 Å². The summed E-state index contributed by atoms with van der Waals surface area (Å²) in [5.41, 5.74) is 1.63. The van der Waals surface area contributed by atoms with Crippen molar-refractivity contribution in [3.05, 3.63) is 84.9 Å². The van der Waals surface area contributed by atoms with E-state index in [4.69, 9.17) is 0 Å². The average Bonchev–Trinajstić information content (AvgIpc) is 2.85. The number of fused-ring (bicyclic) bond motifs is 2. The maximum atomic E-state index is 12.5. The summed E-state index contributed by atoms with van der Waals surface area (Å²) < 4.78 is 0. The summed E-state index contributed by atoms with van der Waals surface area (Å²) in [5.74, 6) is -0.0319. The third-order valence-corrected chi connectivity index (χ3v) is 6.27. The van der Waals surface area contributed by atoms with Gasteiger partial charge in [-0.05, 0) is 45.8 Å². The topological polar surface area (TPSA) is 64.7 Å². The van der Waals surface area contributed by atoms with Crippen LogP contribution in [0, 0.1) is 0 Å². The van der Waals surface area contributed by atoms with Gasteiger partial charge < -0.3 is 10.6 Å². The molecule has 6 heteroatoms. The standard InChI is InChI=1S/C28H28N4O2/c33-27(29-25-11-9-21-5-1-3-7-23(21)17-25)19-31-13-15-32(16-14-31)20-28(34)30-26-12-10-22-6-2-4-8-24(22)18-26/h1-12,17-18H,13-16,19-20H2,(H,29,33)(H,30,34). The number of hydrogen-bond donors (Lipinski definition) is 2. The zero-order valence-electron chi connectivity index (χ0n) is 19.0. The van der Waals surface area contributed by atoms with Gasteiger partial charge in [-0.3, -0.25) is 19.4 Å². The molecule has 0 saturated carbocycles. The van der Waals surface area contributed by atoms with Crippen LogP contribution in [0.4, 0.5) is 11.4 Å². The first-order chi connectivity index (χ1) is 16.6. The minimum absolute atomic E-state index is 0.0159. The zero-order chi connectivity index (χ0) is 23.3. The van der Waals surface area contributed by atoms with Crippen LogP contribution in [0.15, 0.2) is 84.9 Å². The van der Waals surface area contributed by atoms with Gasteiger partial charge in [0.2, 0.25) is 11.8 Å². The van der Waals surface area contributed by atoms with Gasteiger partial charge in [0.15, 0.2) is 0 Å². The Kier molecular flexibility index (Phi) is 6.51. The van der Waals surface area contributed by atoms with Gasteiger partial charge in [0, 0.05) is 37.6 Å². The first-order valence-electron chi connectivity index (χ1n) is 11.6. The first-order valence-corrected chi connectivity index (χ1v) is 11.6. The first kappa shape index (κ1) is 22.1. The Balaban J connectivity index is 1.07. The molecule has 0 aliphatic carbocycles. The molecule has 0 atom stereocenters. The summed E-state index contributed by atoms with van der Waals surface area (Å²) in [6.45, 7) is 3.74. The van der Waals surface area contributed by atoms with Crippen molar-refractivity contribution < 1.29 is 9.59 Å². The van der Waals surface area contributed by atoms with Gasteiger partial charge in [-0.2, -0.15) is 0 Å². The fourth-order valence-corrected chi connectivity index (χ4v) is 4.45. The lowest BCUT2D eigenvalue weighted by Gasteiger charge is -2.33. The van der Waals surface area contributed by atoms with Crippen LogP contribution in [0.2, 0.25) is 0 Å². The van der Waals surface area contributed by atoms with Crippen molar-refractivity contribution >= 4 is 44.7 Å². The number of piperazine rings is 1. The summed E-state index contributed by atoms with van der Waals surface area (Å²) >= 11 is 0. The molecule has 6 nitrogen and oxygen atoms in total. The lowest BCUT2D eigenvalue weighted by atomic mass is 10.1. The zero-order valence-corrected chi connectivity index (χ0v) is 19.0. The van der Waals surface area contributed by atoms with E-state index in [9.17, 15) is 9.59 Å². The largest absolute Gasteiger partial charge is 0.325 e. The molecule has 1 aliphatic rings. The monoisotopic (exact) mass is 452 g/mol. The quantitative estimate of drug-likeness (QED) is 0.461. The Bertz CT molecular complexity index is 1230. The van der Waals surface area contributed by atoms with Crippen molar-refractivity contribution in [2.24, 2.45) is 0 Å². The molecule has 0 unspecified atom stereocenters. The number of amides is 2. The second kappa shape index (κ2) is 10.0. The van der Waals surface area contributed by atoms with Crippen molar-refractivity contribution in [2.45, 2.75) is 0 Å². The van der Waals surface area contributed by atoms with Crippen molar-refractivity contribution in [1.82, 2.24) is 9.80 Å². The van der Waals surface area contributed by atoms with E-state index < -0.39 is 0 Å². The van der Waals surface area contributed by atoms with E-state index >= 15 is 0 Å². The molecular formula is C28H28N4O2. The summed E-state index contributed by atoms with van der Waals surface area (Å²) in [7, 11) is 0. The molecule has 0 aromatic heterocycles. The highest BCUT2D eigenvalue weighted by Crippen LogP contribution is 2.20. The minimum Gasteiger partial charge on any atom is -0.325 e. The maximum absolute atomic E-state index is 12.5. The van der Waals surface area contributed by atoms with Gasteiger partial charge in [-0.1, -0.05) is 60.7 Å². The Morgan fingerprint density at radius 1 is 0.559 bits per heavy atom. The van der Waals surface area contributed by atoms with E-state index in [0.29, 0.717) is 13.1 Å². The average molecular weight is 453 g/mol. The molecule has 0 bridgehead atoms. The third kappa shape index (κ3) is 5.42. The fraction of sp³-hybridized carbons (Fsp3) is 0.214. The van der Waals surface area contributed by atoms with Gasteiger partial charge in [-0.15, -0.1) is 0 Å². The van der Waals surface area contributed by atoms with E-state index in [1.165, 1.54) is 0 Å². The van der Waals surface area contributed by atoms with Gasteiger partial charge in [0.25, 0.3) is 0 Å². The number of nitrogens with zero attached hydrogens (tertiary/aromatic N) is 2. The van der Waals surface area contributed by atoms with Crippen LogP contribution in [-0.2, 0) is 9.59 Å². The number of nitrogens with one attached hydrogen (secondary N) is 2. The van der Waals surface area contributed by atoms with Gasteiger partial charge in [0.1, 0.15) is 0 Å². The molecule has 1 aliphatic heterocycles. The summed E-state index contributed by atoms with van der Waals surface area (Å²) in [5, 5.41) is 10.5. The van der Waals surface area contributed by atoms with E-state index in [1.54, 1.807) is 0 Å². The summed E-state index contributed by atoms with van der Waals surface area (Å²) in [4.78, 5) is 29.3. The molecule has 2 N–H and O–H groups in total. The van der Waals surface area contributed by atoms with E-state index in [-0.39, 0.29) is 11.8 Å². The molecule has 5 rings (SSSR count). The maximum Gasteiger partial charge on any atom is 0.238 e. The number of benzene rings is 4. The van der Waals surface area contributed by atoms with Crippen molar-refractivity contribution in [3.8, 4) is 0 Å². The van der Waals surface area contributed by atoms with Crippen LogP contribution in [0.3, 0.4) is 0 Å². The lowest BCUT2D eigenvalue weighted by Crippen LogP contribution is -2.50. The summed E-state index contributed by atoms with van der Waals surface area (Å²) in [6, 6.07) is 28.1. The van der Waals surface area contributed by atoms with Gasteiger partial charge >= 0.3 is 0 Å². The van der Waals surface area contributed by atoms with E-state index in [0.717, 1.165) is 59.1 Å². The van der Waals surface area contributed by atoms with Crippen LogP contribution < -0.4 is 10.6 Å². The lowest BCUT2D eigenvalue weighted by molar-refractivity contribution is -0.120. The highest BCUT2D eigenvalue weighted by molar-refractivity contribution is 5.96. The van der Waals surface area contributed by atoms with Gasteiger partial charge in [-0.25, -0.2) is 0 Å². The molecule has 4 aromatic rings. The van der Waals surface area contributed by atoms with Crippen LogP contribution >= 0.6 is 0 Å². The predicted octanol–water partition coefficient (Wildman–Crippen LogP) is 4.19. The van der Waals surface area contributed by atoms with Crippen molar-refractivity contribution in [3.63, 3.8) is 0 Å². The molecule has 1 heterocycles. The second-order valence-electron chi connectivity index (χ2n) is 8.77. The molecule has 1 saturated heterocycles. The minimum atomic E-state index is -0.0159. The fourth-order valence-electron chi connectivity index (χ4n) is 4.45. The normalized spacial score (nSPS) is 14.8. The molecule has 1 fully saturated rings. The number of anilines is 2. The number of hydrogen-bond acceptors (Lipinski definition) is 4. The molecular weight excluding hydrogens is 424 g/mol. The van der Waals surface area contributed by atoms with Crippen LogP contribution in [-0.4, -0.2) is 60.9 Å². The molecule has 2 amide bonds. The molecule has 0 spiro atoms. The predicted molar refractivity (Wildman–Crippen MR) is 138 cm³/mol. The van der Waals surface area contributed by atoms with Crippen molar-refractivity contribution in [1.29, 1.82) is 0 Å². The Morgan fingerprint density at radius 2 is 0.941 bits per heavy atom. The van der Waals surface area contributed by atoms with Gasteiger partial charge in [0.05, 0.1) is 13.1 Å². The number of carbonyl (C=O) groups is 2. The second-order valence-corrected chi connectivity index (χ2v) is 8.77. The van der Waals surface area contributed by atoms with Crippen LogP contribution in [0.5, 0.6) is 0 Å². The Labute approximate surface area is 199 Å².